The Labute approximate surface area is 89.2 Å². The van der Waals surface area contributed by atoms with E-state index in [4.69, 9.17) is 10.5 Å². The third kappa shape index (κ3) is 2.18. The summed E-state index contributed by atoms with van der Waals surface area (Å²) in [5.41, 5.74) is 8.43. The molecule has 2 rings (SSSR count). The van der Waals surface area contributed by atoms with Gasteiger partial charge in [-0.25, -0.2) is 0 Å². The number of benzene rings is 1. The normalized spacial score (nSPS) is 20.7. The monoisotopic (exact) mass is 205 g/mol. The van der Waals surface area contributed by atoms with Gasteiger partial charge in [-0.15, -0.1) is 0 Å². The summed E-state index contributed by atoms with van der Waals surface area (Å²) in [6, 6.07) is 8.40. The van der Waals surface area contributed by atoms with Crippen LogP contribution in [-0.2, 0) is 16.0 Å². The van der Waals surface area contributed by atoms with Crippen LogP contribution in [0.2, 0.25) is 0 Å². The van der Waals surface area contributed by atoms with Crippen molar-refractivity contribution in [2.75, 3.05) is 0 Å². The highest BCUT2D eigenvalue weighted by atomic mass is 16.5. The van der Waals surface area contributed by atoms with Crippen LogP contribution in [0, 0.1) is 0 Å². The van der Waals surface area contributed by atoms with Gasteiger partial charge in [0.2, 0.25) is 0 Å². The minimum atomic E-state index is -0.473. The fraction of sp³-hybridized carbons (Fsp3) is 0.417. The first kappa shape index (κ1) is 10.2. The van der Waals surface area contributed by atoms with Gasteiger partial charge >= 0.3 is 0 Å². The van der Waals surface area contributed by atoms with Crippen LogP contribution in [0.15, 0.2) is 24.3 Å². The third-order valence-corrected chi connectivity index (χ3v) is 3.00. The van der Waals surface area contributed by atoms with E-state index in [0.717, 1.165) is 19.3 Å². The molecule has 0 heterocycles. The Kier molecular flexibility index (Phi) is 3.02. The highest BCUT2D eigenvalue weighted by molar-refractivity contribution is 5.38. The van der Waals surface area contributed by atoms with Gasteiger partial charge in [-0.1, -0.05) is 24.3 Å². The summed E-state index contributed by atoms with van der Waals surface area (Å²) in [6.07, 6.45) is 2.46. The molecule has 0 saturated heterocycles. The molecular weight excluding hydrogens is 190 g/mol. The molecule has 2 unspecified atom stereocenters. The maximum Gasteiger partial charge on any atom is 0.294 e. The van der Waals surface area contributed by atoms with Gasteiger partial charge in [0.05, 0.1) is 0 Å². The molecule has 0 fully saturated rings. The highest BCUT2D eigenvalue weighted by Crippen LogP contribution is 2.35. The zero-order chi connectivity index (χ0) is 10.7. The van der Waals surface area contributed by atoms with E-state index in [1.54, 1.807) is 0 Å². The van der Waals surface area contributed by atoms with Crippen LogP contribution >= 0.6 is 0 Å². The highest BCUT2D eigenvalue weighted by Gasteiger charge is 2.24. The van der Waals surface area contributed by atoms with Crippen molar-refractivity contribution in [1.29, 1.82) is 0 Å². The Balaban J connectivity index is 2.04. The molecule has 0 amide bonds. The average molecular weight is 205 g/mol. The topological polar surface area (TPSA) is 52.3 Å². The van der Waals surface area contributed by atoms with Gasteiger partial charge in [0, 0.05) is 6.42 Å². The van der Waals surface area contributed by atoms with Gasteiger partial charge < -0.3 is 4.74 Å². The van der Waals surface area contributed by atoms with Crippen LogP contribution in [0.25, 0.3) is 0 Å². The van der Waals surface area contributed by atoms with Gasteiger partial charge in [0.15, 0.2) is 6.23 Å². The van der Waals surface area contributed by atoms with Crippen molar-refractivity contribution in [1.82, 2.24) is 0 Å². The molecule has 3 heteroatoms. The first-order chi connectivity index (χ1) is 7.31. The van der Waals surface area contributed by atoms with Gasteiger partial charge in [0.1, 0.15) is 0 Å². The molecule has 2 N–H and O–H groups in total. The molecule has 1 aromatic carbocycles. The maximum atomic E-state index is 10.1. The van der Waals surface area contributed by atoms with E-state index in [-0.39, 0.29) is 0 Å². The predicted molar refractivity (Wildman–Crippen MR) is 57.2 cm³/mol. The van der Waals surface area contributed by atoms with E-state index in [0.29, 0.717) is 12.4 Å². The van der Waals surface area contributed by atoms with Crippen LogP contribution in [0.4, 0.5) is 0 Å². The van der Waals surface area contributed by atoms with E-state index in [2.05, 4.69) is 18.2 Å². The second-order valence-electron chi connectivity index (χ2n) is 3.94. The minimum absolute atomic E-state index is 0.422. The van der Waals surface area contributed by atoms with Crippen LogP contribution in [0.3, 0.4) is 0 Å². The molecule has 0 aromatic heterocycles. The number of hydrogen-bond donors (Lipinski definition) is 1. The lowest BCUT2D eigenvalue weighted by atomic mass is 9.97. The zero-order valence-corrected chi connectivity index (χ0v) is 8.56. The van der Waals surface area contributed by atoms with Gasteiger partial charge in [-0.05, 0) is 29.9 Å². The van der Waals surface area contributed by atoms with Crippen molar-refractivity contribution in [3.05, 3.63) is 35.4 Å². The van der Waals surface area contributed by atoms with Crippen molar-refractivity contribution in [3.8, 4) is 0 Å². The molecule has 1 aromatic rings. The standard InChI is InChI=1S/C12H15NO2/c13-12(15-8-14)7-10-6-5-9-3-1-2-4-11(9)10/h1-4,8,10,12H,5-7,13H2. The second-order valence-corrected chi connectivity index (χ2v) is 3.94. The average Bonchev–Trinajstić information content (AvgIpc) is 2.62. The van der Waals surface area contributed by atoms with Gasteiger partial charge in [0.25, 0.3) is 6.47 Å². The number of nitrogens with two attached hydrogens (primary N) is 1. The van der Waals surface area contributed by atoms with Crippen LogP contribution in [0.1, 0.15) is 29.9 Å². The minimum Gasteiger partial charge on any atom is -0.449 e. The van der Waals surface area contributed by atoms with Gasteiger partial charge in [-0.2, -0.15) is 0 Å². The number of fused-ring (bicyclic) bond motifs is 1. The lowest BCUT2D eigenvalue weighted by Gasteiger charge is -2.15. The van der Waals surface area contributed by atoms with E-state index in [1.807, 2.05) is 6.07 Å². The van der Waals surface area contributed by atoms with Crippen LogP contribution < -0.4 is 5.73 Å². The molecule has 0 aliphatic heterocycles. The number of rotatable bonds is 4. The van der Waals surface area contributed by atoms with Crippen molar-refractivity contribution >= 4 is 6.47 Å². The third-order valence-electron chi connectivity index (χ3n) is 3.00. The fourth-order valence-corrected chi connectivity index (χ4v) is 2.30. The molecule has 0 spiro atoms. The molecule has 3 nitrogen and oxygen atoms in total. The second kappa shape index (κ2) is 4.45. The molecule has 15 heavy (non-hydrogen) atoms. The Bertz CT molecular complexity index is 351. The summed E-state index contributed by atoms with van der Waals surface area (Å²) in [7, 11) is 0. The fourth-order valence-electron chi connectivity index (χ4n) is 2.30. The lowest BCUT2D eigenvalue weighted by molar-refractivity contribution is -0.133. The summed E-state index contributed by atoms with van der Waals surface area (Å²) in [6.45, 7) is 0.422. The Morgan fingerprint density at radius 2 is 2.33 bits per heavy atom. The molecule has 0 radical (unpaired) electrons. The SMILES string of the molecule is NC(CC1CCc2ccccc21)OC=O. The van der Waals surface area contributed by atoms with Gasteiger partial charge in [-0.3, -0.25) is 10.5 Å². The molecular formula is C12H15NO2. The summed E-state index contributed by atoms with van der Waals surface area (Å²) in [4.78, 5) is 10.1. The summed E-state index contributed by atoms with van der Waals surface area (Å²) < 4.78 is 4.72. The maximum absolute atomic E-state index is 10.1. The molecule has 0 bridgehead atoms. The van der Waals surface area contributed by atoms with E-state index in [9.17, 15) is 4.79 Å². The summed E-state index contributed by atoms with van der Waals surface area (Å²) in [5.74, 6) is 0.441. The molecule has 2 atom stereocenters. The van der Waals surface area contributed by atoms with Crippen LogP contribution in [0.5, 0.6) is 0 Å². The summed E-state index contributed by atoms with van der Waals surface area (Å²) >= 11 is 0. The van der Waals surface area contributed by atoms with E-state index < -0.39 is 6.23 Å². The van der Waals surface area contributed by atoms with Crippen molar-refractivity contribution in [2.45, 2.75) is 31.4 Å². The number of carbonyl (C=O) groups excluding carboxylic acids is 1. The van der Waals surface area contributed by atoms with Crippen molar-refractivity contribution in [3.63, 3.8) is 0 Å². The number of carbonyl (C=O) groups is 1. The molecule has 0 saturated carbocycles. The van der Waals surface area contributed by atoms with Crippen LogP contribution in [-0.4, -0.2) is 12.7 Å². The molecule has 1 aliphatic rings. The Morgan fingerprint density at radius 3 is 3.13 bits per heavy atom. The largest absolute Gasteiger partial charge is 0.449 e. The Morgan fingerprint density at radius 1 is 1.53 bits per heavy atom. The number of aryl methyl sites for hydroxylation is 1. The predicted octanol–water partition coefficient (Wildman–Crippen LogP) is 1.56. The first-order valence-electron chi connectivity index (χ1n) is 5.23. The number of hydrogen-bond acceptors (Lipinski definition) is 3. The number of ether oxygens (including phenoxy) is 1. The summed E-state index contributed by atoms with van der Waals surface area (Å²) in [5, 5.41) is 0. The van der Waals surface area contributed by atoms with Crippen molar-refractivity contribution in [2.24, 2.45) is 5.73 Å². The zero-order valence-electron chi connectivity index (χ0n) is 8.56. The van der Waals surface area contributed by atoms with E-state index >= 15 is 0 Å². The quantitative estimate of drug-likeness (QED) is 0.599. The smallest absolute Gasteiger partial charge is 0.294 e. The van der Waals surface area contributed by atoms with Crippen molar-refractivity contribution < 1.29 is 9.53 Å². The lowest BCUT2D eigenvalue weighted by Crippen LogP contribution is -2.25. The Hall–Kier alpha value is -1.35. The molecule has 80 valence electrons. The van der Waals surface area contributed by atoms with E-state index in [1.165, 1.54) is 11.1 Å². The first-order valence-corrected chi connectivity index (χ1v) is 5.23. The molecule has 1 aliphatic carbocycles.